The van der Waals surface area contributed by atoms with Crippen molar-refractivity contribution in [3.8, 4) is 0 Å². The molecule has 2 rings (SSSR count). The van der Waals surface area contributed by atoms with Crippen LogP contribution in [-0.4, -0.2) is 30.0 Å². The van der Waals surface area contributed by atoms with Crippen LogP contribution in [0.1, 0.15) is 31.9 Å². The molecule has 0 radical (unpaired) electrons. The maximum Gasteiger partial charge on any atom is 0.131 e. The molecule has 1 heterocycles. The Hall–Kier alpha value is -0.470. The zero-order valence-corrected chi connectivity index (χ0v) is 13.6. The number of hydrogen-bond donors (Lipinski definition) is 0. The van der Waals surface area contributed by atoms with Gasteiger partial charge in [0.05, 0.1) is 13.2 Å². The molecule has 1 aromatic rings. The van der Waals surface area contributed by atoms with Crippen molar-refractivity contribution in [2.75, 3.05) is 24.7 Å². The first-order chi connectivity index (χ1) is 8.97. The summed E-state index contributed by atoms with van der Waals surface area (Å²) < 4.78 is 5.54. The summed E-state index contributed by atoms with van der Waals surface area (Å²) in [6.07, 6.45) is 1.22. The minimum Gasteiger partial charge on any atom is -0.372 e. The fraction of sp³-hybridized carbons (Fsp3) is 0.647. The number of hydrogen-bond acceptors (Lipinski definition) is 1. The molecule has 2 heteroatoms. The average molecular weight is 279 g/mol. The van der Waals surface area contributed by atoms with Crippen LogP contribution in [0.4, 0.5) is 0 Å². The normalized spacial score (nSPS) is 19.4. The molecule has 1 aliphatic heterocycles. The molecule has 106 valence electrons. The Bertz CT molecular complexity index is 385. The minimum absolute atomic E-state index is 0.380. The van der Waals surface area contributed by atoms with Gasteiger partial charge in [-0.1, -0.05) is 50.6 Å². The van der Waals surface area contributed by atoms with E-state index in [9.17, 15) is 0 Å². The van der Waals surface area contributed by atoms with E-state index in [2.05, 4.69) is 52.0 Å². The first kappa shape index (κ1) is 14.9. The Kier molecular flexibility index (Phi) is 4.97. The maximum atomic E-state index is 5.54. The van der Waals surface area contributed by atoms with Crippen molar-refractivity contribution < 1.29 is 4.74 Å². The van der Waals surface area contributed by atoms with Crippen LogP contribution < -0.4 is 0 Å². The monoisotopic (exact) mass is 279 g/mol. The summed E-state index contributed by atoms with van der Waals surface area (Å²) in [7, 11) is 0.517. The van der Waals surface area contributed by atoms with Crippen LogP contribution in [0, 0.1) is 12.3 Å². The molecule has 0 aliphatic carbocycles. The zero-order chi connectivity index (χ0) is 13.9. The lowest BCUT2D eigenvalue weighted by Crippen LogP contribution is -2.43. The van der Waals surface area contributed by atoms with Gasteiger partial charge in [-0.25, -0.2) is 0 Å². The summed E-state index contributed by atoms with van der Waals surface area (Å²) >= 11 is 0. The first-order valence-electron chi connectivity index (χ1n) is 7.26. The third kappa shape index (κ3) is 4.25. The lowest BCUT2D eigenvalue weighted by Gasteiger charge is -2.32. The molecule has 1 aliphatic rings. The molecule has 0 spiro atoms. The van der Waals surface area contributed by atoms with E-state index < -0.39 is 0 Å². The van der Waals surface area contributed by atoms with Gasteiger partial charge < -0.3 is 4.74 Å². The fourth-order valence-corrected chi connectivity index (χ4v) is 5.55. The van der Waals surface area contributed by atoms with Gasteiger partial charge in [-0.15, -0.1) is 0 Å². The van der Waals surface area contributed by atoms with E-state index in [0.29, 0.717) is 16.3 Å². The van der Waals surface area contributed by atoms with E-state index >= 15 is 0 Å². The Morgan fingerprint density at radius 1 is 1.11 bits per heavy atom. The lowest BCUT2D eigenvalue weighted by atomic mass is 9.88. The van der Waals surface area contributed by atoms with Crippen LogP contribution in [0.2, 0.25) is 0 Å². The van der Waals surface area contributed by atoms with Crippen LogP contribution in [0.3, 0.4) is 0 Å². The zero-order valence-electron chi connectivity index (χ0n) is 12.7. The van der Waals surface area contributed by atoms with Gasteiger partial charge in [-0.2, -0.15) is 0 Å². The molecular formula is C17H27OS+. The second-order valence-corrected chi connectivity index (χ2v) is 9.06. The van der Waals surface area contributed by atoms with Gasteiger partial charge in [0.25, 0.3) is 0 Å². The summed E-state index contributed by atoms with van der Waals surface area (Å²) in [6, 6.07) is 9.08. The van der Waals surface area contributed by atoms with Gasteiger partial charge in [0.15, 0.2) is 0 Å². The van der Waals surface area contributed by atoms with Crippen molar-refractivity contribution in [2.45, 2.75) is 39.4 Å². The van der Waals surface area contributed by atoms with E-state index in [4.69, 9.17) is 4.74 Å². The van der Waals surface area contributed by atoms with Crippen LogP contribution in [0.25, 0.3) is 0 Å². The Morgan fingerprint density at radius 2 is 1.68 bits per heavy atom. The fourth-order valence-electron chi connectivity index (χ4n) is 2.68. The topological polar surface area (TPSA) is 9.23 Å². The average Bonchev–Trinajstić information content (AvgIpc) is 2.37. The predicted molar refractivity (Wildman–Crippen MR) is 86.0 cm³/mol. The second kappa shape index (κ2) is 6.32. The Morgan fingerprint density at radius 3 is 2.21 bits per heavy atom. The van der Waals surface area contributed by atoms with Crippen LogP contribution in [0.5, 0.6) is 0 Å². The van der Waals surface area contributed by atoms with E-state index in [0.717, 1.165) is 18.5 Å². The molecule has 0 bridgehead atoms. The molecule has 0 amide bonds. The van der Waals surface area contributed by atoms with Crippen LogP contribution in [0.15, 0.2) is 24.3 Å². The summed E-state index contributed by atoms with van der Waals surface area (Å²) in [4.78, 5) is 0. The van der Waals surface area contributed by atoms with Crippen molar-refractivity contribution in [1.29, 1.82) is 0 Å². The molecule has 1 unspecified atom stereocenters. The Balaban J connectivity index is 2.11. The van der Waals surface area contributed by atoms with Gasteiger partial charge in [0.1, 0.15) is 16.8 Å². The summed E-state index contributed by atoms with van der Waals surface area (Å²) in [5.41, 5.74) is 3.22. The van der Waals surface area contributed by atoms with Crippen molar-refractivity contribution in [1.82, 2.24) is 0 Å². The SMILES string of the molecule is Cc1ccc(CC([S+]2CCOCC2)C(C)(C)C)cc1. The standard InChI is InChI=1S/C17H27OS/c1-14-5-7-15(8-6-14)13-16(17(2,3)4)19-11-9-18-10-12-19/h5-8,16H,9-13H2,1-4H3/q+1. The van der Waals surface area contributed by atoms with Gasteiger partial charge in [0.2, 0.25) is 0 Å². The Labute approximate surface area is 121 Å². The third-order valence-corrected chi connectivity index (χ3v) is 6.95. The summed E-state index contributed by atoms with van der Waals surface area (Å²) in [5, 5.41) is 0.777. The summed E-state index contributed by atoms with van der Waals surface area (Å²) in [5.74, 6) is 2.52. The van der Waals surface area contributed by atoms with Crippen molar-refractivity contribution in [2.24, 2.45) is 5.41 Å². The first-order valence-corrected chi connectivity index (χ1v) is 8.89. The molecule has 0 saturated carbocycles. The quantitative estimate of drug-likeness (QED) is 0.768. The highest BCUT2D eigenvalue weighted by Crippen LogP contribution is 2.31. The number of aryl methyl sites for hydroxylation is 1. The highest BCUT2D eigenvalue weighted by Gasteiger charge is 2.40. The van der Waals surface area contributed by atoms with Crippen LogP contribution in [-0.2, 0) is 22.1 Å². The highest BCUT2D eigenvalue weighted by atomic mass is 32.2. The molecule has 1 nitrogen and oxygen atoms in total. The number of rotatable bonds is 3. The molecular weight excluding hydrogens is 252 g/mol. The largest absolute Gasteiger partial charge is 0.372 e. The van der Waals surface area contributed by atoms with E-state index in [-0.39, 0.29) is 0 Å². The molecule has 19 heavy (non-hydrogen) atoms. The molecule has 1 fully saturated rings. The van der Waals surface area contributed by atoms with Gasteiger partial charge in [-0.05, 0) is 23.4 Å². The van der Waals surface area contributed by atoms with Crippen molar-refractivity contribution in [3.63, 3.8) is 0 Å². The van der Waals surface area contributed by atoms with E-state index in [1.807, 2.05) is 0 Å². The van der Waals surface area contributed by atoms with Gasteiger partial charge in [-0.3, -0.25) is 0 Å². The van der Waals surface area contributed by atoms with Crippen LogP contribution >= 0.6 is 0 Å². The van der Waals surface area contributed by atoms with Crippen molar-refractivity contribution >= 4 is 10.9 Å². The van der Waals surface area contributed by atoms with Crippen molar-refractivity contribution in [3.05, 3.63) is 35.4 Å². The number of ether oxygens (including phenoxy) is 1. The molecule has 1 atom stereocenters. The number of benzene rings is 1. The lowest BCUT2D eigenvalue weighted by molar-refractivity contribution is 0.158. The summed E-state index contributed by atoms with van der Waals surface area (Å²) in [6.45, 7) is 11.3. The van der Waals surface area contributed by atoms with E-state index in [1.165, 1.54) is 29.1 Å². The highest BCUT2D eigenvalue weighted by molar-refractivity contribution is 7.97. The molecule has 0 aromatic heterocycles. The predicted octanol–water partition coefficient (Wildman–Crippen LogP) is 3.60. The third-order valence-electron chi connectivity index (χ3n) is 3.89. The molecule has 1 saturated heterocycles. The van der Waals surface area contributed by atoms with Gasteiger partial charge in [0, 0.05) is 11.8 Å². The molecule has 1 aromatic carbocycles. The molecule has 0 N–H and O–H groups in total. The van der Waals surface area contributed by atoms with E-state index in [1.54, 1.807) is 0 Å². The van der Waals surface area contributed by atoms with Gasteiger partial charge >= 0.3 is 0 Å². The second-order valence-electron chi connectivity index (χ2n) is 6.60. The maximum absolute atomic E-state index is 5.54. The minimum atomic E-state index is 0.380. The smallest absolute Gasteiger partial charge is 0.131 e.